The van der Waals surface area contributed by atoms with Crippen LogP contribution in [0.3, 0.4) is 0 Å². The topological polar surface area (TPSA) is 106 Å². The zero-order valence-corrected chi connectivity index (χ0v) is 18.3. The van der Waals surface area contributed by atoms with Gasteiger partial charge in [0, 0.05) is 40.9 Å². The predicted octanol–water partition coefficient (Wildman–Crippen LogP) is 1.73. The molecule has 2 rings (SSSR count). The second kappa shape index (κ2) is 12.5. The van der Waals surface area contributed by atoms with E-state index in [1.165, 1.54) is 0 Å². The van der Waals surface area contributed by atoms with Gasteiger partial charge in [0.25, 0.3) is 5.91 Å². The maximum absolute atomic E-state index is 12.2. The lowest BCUT2D eigenvalue weighted by atomic mass is 9.95. The van der Waals surface area contributed by atoms with E-state index in [0.717, 1.165) is 55.9 Å². The smallest absolute Gasteiger partial charge is 0.255 e. The van der Waals surface area contributed by atoms with Gasteiger partial charge in [-0.3, -0.25) is 14.0 Å². The molecule has 0 saturated heterocycles. The van der Waals surface area contributed by atoms with Gasteiger partial charge in [-0.05, 0) is 50.3 Å². The van der Waals surface area contributed by atoms with Crippen molar-refractivity contribution in [2.45, 2.75) is 57.2 Å². The number of rotatable bonds is 10. The lowest BCUT2D eigenvalue weighted by molar-refractivity contribution is -0.119. The first-order valence-corrected chi connectivity index (χ1v) is 11.8. The summed E-state index contributed by atoms with van der Waals surface area (Å²) in [7, 11) is -0.725. The van der Waals surface area contributed by atoms with E-state index in [2.05, 4.69) is 17.6 Å². The summed E-state index contributed by atoms with van der Waals surface area (Å²) < 4.78 is 17.4. The molecule has 4 N–H and O–H groups in total. The van der Waals surface area contributed by atoms with Crippen LogP contribution < -0.4 is 21.1 Å². The molecule has 1 aliphatic carbocycles. The van der Waals surface area contributed by atoms with E-state index in [1.807, 2.05) is 31.2 Å². The number of carbonyl (C=O) groups is 1. The quantitative estimate of drug-likeness (QED) is 0.393. The highest BCUT2D eigenvalue weighted by Crippen LogP contribution is 2.23. The zero-order valence-electron chi connectivity index (χ0n) is 17.5. The Morgan fingerprint density at radius 3 is 2.69 bits per heavy atom. The fourth-order valence-electron chi connectivity index (χ4n) is 3.47. The molecule has 3 unspecified atom stereocenters. The molecule has 1 saturated carbocycles. The summed E-state index contributed by atoms with van der Waals surface area (Å²) in [6, 6.07) is 7.93. The van der Waals surface area contributed by atoms with Crippen LogP contribution in [0, 0.1) is 0 Å². The van der Waals surface area contributed by atoms with Crippen LogP contribution in [0.25, 0.3) is 0 Å². The average Bonchev–Trinajstić information content (AvgIpc) is 2.73. The van der Waals surface area contributed by atoms with Crippen molar-refractivity contribution < 1.29 is 13.7 Å². The summed E-state index contributed by atoms with van der Waals surface area (Å²) in [5, 5.41) is 7.13. The maximum Gasteiger partial charge on any atom is 0.255 e. The maximum atomic E-state index is 12.2. The summed E-state index contributed by atoms with van der Waals surface area (Å²) >= 11 is 0. The fourth-order valence-corrected chi connectivity index (χ4v) is 4.82. The van der Waals surface area contributed by atoms with E-state index in [4.69, 9.17) is 15.5 Å². The van der Waals surface area contributed by atoms with Gasteiger partial charge in [0.05, 0.1) is 0 Å². The van der Waals surface area contributed by atoms with Crippen molar-refractivity contribution in [1.29, 1.82) is 0 Å². The van der Waals surface area contributed by atoms with Crippen LogP contribution in [0.15, 0.2) is 29.3 Å². The lowest BCUT2D eigenvalue weighted by Gasteiger charge is -2.30. The Bertz CT molecular complexity index is 694. The highest BCUT2D eigenvalue weighted by Gasteiger charge is 2.25. The molecule has 0 aromatic heterocycles. The number of amides is 1. The van der Waals surface area contributed by atoms with Gasteiger partial charge in [-0.25, -0.2) is 0 Å². The van der Waals surface area contributed by atoms with Gasteiger partial charge in [0.1, 0.15) is 5.75 Å². The van der Waals surface area contributed by atoms with Crippen LogP contribution in [0.5, 0.6) is 5.75 Å². The van der Waals surface area contributed by atoms with E-state index in [9.17, 15) is 9.00 Å². The molecular formula is C21H34N4O3S. The van der Waals surface area contributed by atoms with Crippen LogP contribution in [0.4, 0.5) is 0 Å². The molecule has 0 heterocycles. The lowest BCUT2D eigenvalue weighted by Crippen LogP contribution is -2.46. The fraction of sp³-hybridized carbons (Fsp3) is 0.619. The van der Waals surface area contributed by atoms with Gasteiger partial charge in [0.15, 0.2) is 12.6 Å². The number of hydrogen-bond acceptors (Lipinski definition) is 4. The summed E-state index contributed by atoms with van der Waals surface area (Å²) in [5.74, 6) is 1.69. The third-order valence-electron chi connectivity index (χ3n) is 4.94. The standard InChI is InChI=1S/C21H34N4O3S/c1-3-23-21(25-17-6-5-7-19(14-17)29(27)4-2)24-13-12-16-8-10-18(11-9-16)28-15-20(22)26/h8-11,17,19H,3-7,12-15H2,1-2H3,(H2,22,26)(H2,23,24,25). The van der Waals surface area contributed by atoms with Crippen molar-refractivity contribution in [3.05, 3.63) is 29.8 Å². The van der Waals surface area contributed by atoms with E-state index >= 15 is 0 Å². The minimum atomic E-state index is -0.725. The molecule has 8 heteroatoms. The highest BCUT2D eigenvalue weighted by molar-refractivity contribution is 7.85. The van der Waals surface area contributed by atoms with Crippen LogP contribution in [-0.2, 0) is 22.0 Å². The predicted molar refractivity (Wildman–Crippen MR) is 119 cm³/mol. The molecule has 1 aromatic carbocycles. The molecule has 0 aliphatic heterocycles. The Balaban J connectivity index is 1.85. The van der Waals surface area contributed by atoms with E-state index in [1.54, 1.807) is 0 Å². The second-order valence-electron chi connectivity index (χ2n) is 7.21. The largest absolute Gasteiger partial charge is 0.484 e. The summed E-state index contributed by atoms with van der Waals surface area (Å²) in [4.78, 5) is 15.5. The number of benzene rings is 1. The Labute approximate surface area is 176 Å². The Morgan fingerprint density at radius 2 is 2.03 bits per heavy atom. The first-order valence-electron chi connectivity index (χ1n) is 10.4. The monoisotopic (exact) mass is 422 g/mol. The van der Waals surface area contributed by atoms with Crippen LogP contribution in [-0.4, -0.2) is 52.8 Å². The first kappa shape index (κ1) is 23.2. The third kappa shape index (κ3) is 8.43. The van der Waals surface area contributed by atoms with E-state index < -0.39 is 16.7 Å². The highest BCUT2D eigenvalue weighted by atomic mass is 32.2. The summed E-state index contributed by atoms with van der Waals surface area (Å²) in [5.41, 5.74) is 6.23. The number of guanidine groups is 1. The van der Waals surface area contributed by atoms with Crippen molar-refractivity contribution >= 4 is 22.7 Å². The summed E-state index contributed by atoms with van der Waals surface area (Å²) in [6.07, 6.45) is 5.01. The molecule has 0 spiro atoms. The van der Waals surface area contributed by atoms with Crippen molar-refractivity contribution in [3.63, 3.8) is 0 Å². The van der Waals surface area contributed by atoms with E-state index in [-0.39, 0.29) is 6.61 Å². The van der Waals surface area contributed by atoms with E-state index in [0.29, 0.717) is 23.6 Å². The Kier molecular flexibility index (Phi) is 9.97. The SMILES string of the molecule is CCNC(=NCCc1ccc(OCC(N)=O)cc1)NC1CCCC(S(=O)CC)C1. The normalized spacial score (nSPS) is 20.7. The van der Waals surface area contributed by atoms with Crippen molar-refractivity contribution in [2.75, 3.05) is 25.4 Å². The number of aliphatic imine (C=N–C) groups is 1. The zero-order chi connectivity index (χ0) is 21.1. The molecule has 29 heavy (non-hydrogen) atoms. The minimum Gasteiger partial charge on any atom is -0.484 e. The van der Waals surface area contributed by atoms with Gasteiger partial charge in [-0.2, -0.15) is 0 Å². The van der Waals surface area contributed by atoms with Crippen molar-refractivity contribution in [1.82, 2.24) is 10.6 Å². The second-order valence-corrected chi connectivity index (χ2v) is 9.21. The third-order valence-corrected chi connectivity index (χ3v) is 6.68. The molecule has 1 amide bonds. The van der Waals surface area contributed by atoms with Gasteiger partial charge in [-0.15, -0.1) is 0 Å². The molecule has 0 radical (unpaired) electrons. The number of ether oxygens (including phenoxy) is 1. The molecule has 0 bridgehead atoms. The molecule has 7 nitrogen and oxygen atoms in total. The molecule has 1 aromatic rings. The molecule has 162 valence electrons. The van der Waals surface area contributed by atoms with Gasteiger partial charge in [-0.1, -0.05) is 25.5 Å². The average molecular weight is 423 g/mol. The number of primary amides is 1. The number of nitrogens with two attached hydrogens (primary N) is 1. The summed E-state index contributed by atoms with van der Waals surface area (Å²) in [6.45, 7) is 5.39. The van der Waals surface area contributed by atoms with Gasteiger partial charge >= 0.3 is 0 Å². The van der Waals surface area contributed by atoms with Gasteiger partial charge < -0.3 is 21.1 Å². The molecular weight excluding hydrogens is 388 g/mol. The van der Waals surface area contributed by atoms with Gasteiger partial charge in [0.2, 0.25) is 0 Å². The van der Waals surface area contributed by atoms with Crippen LogP contribution in [0.1, 0.15) is 45.1 Å². The van der Waals surface area contributed by atoms with Crippen molar-refractivity contribution in [3.8, 4) is 5.75 Å². The minimum absolute atomic E-state index is 0.116. The molecule has 1 aliphatic rings. The van der Waals surface area contributed by atoms with Crippen molar-refractivity contribution in [2.24, 2.45) is 10.7 Å². The van der Waals surface area contributed by atoms with Crippen LogP contribution in [0.2, 0.25) is 0 Å². The number of nitrogens with one attached hydrogen (secondary N) is 2. The number of carbonyl (C=O) groups excluding carboxylic acids is 1. The molecule has 3 atom stereocenters. The number of nitrogens with zero attached hydrogens (tertiary/aromatic N) is 1. The first-order chi connectivity index (χ1) is 14.0. The Morgan fingerprint density at radius 1 is 1.28 bits per heavy atom. The Hall–Kier alpha value is -2.09. The number of hydrogen-bond donors (Lipinski definition) is 3. The van der Waals surface area contributed by atoms with Crippen LogP contribution >= 0.6 is 0 Å². The molecule has 1 fully saturated rings.